The van der Waals surface area contributed by atoms with E-state index in [0.29, 0.717) is 18.7 Å². The highest BCUT2D eigenvalue weighted by atomic mass is 19.1. The van der Waals surface area contributed by atoms with E-state index in [4.69, 9.17) is 5.73 Å². The molecule has 0 aromatic carbocycles. The van der Waals surface area contributed by atoms with Crippen molar-refractivity contribution in [3.63, 3.8) is 0 Å². The molecular formula is C12H14FN3O. The van der Waals surface area contributed by atoms with Gasteiger partial charge in [-0.3, -0.25) is 9.78 Å². The van der Waals surface area contributed by atoms with E-state index in [9.17, 15) is 9.18 Å². The van der Waals surface area contributed by atoms with Crippen LogP contribution in [0.25, 0.3) is 6.08 Å². The Morgan fingerprint density at radius 2 is 2.41 bits per heavy atom. The van der Waals surface area contributed by atoms with Gasteiger partial charge in [-0.25, -0.2) is 4.39 Å². The Kier molecular flexibility index (Phi) is 3.49. The number of halogens is 1. The maximum atomic E-state index is 12.8. The fourth-order valence-corrected chi connectivity index (χ4v) is 1.78. The predicted octanol–water partition coefficient (Wildman–Crippen LogP) is 0.793. The van der Waals surface area contributed by atoms with Crippen LogP contribution in [-0.4, -0.2) is 34.9 Å². The Balaban J connectivity index is 1.98. The number of hydrogen-bond acceptors (Lipinski definition) is 3. The smallest absolute Gasteiger partial charge is 0.246 e. The molecule has 90 valence electrons. The molecule has 1 amide bonds. The van der Waals surface area contributed by atoms with Crippen molar-refractivity contribution < 1.29 is 9.18 Å². The van der Waals surface area contributed by atoms with Gasteiger partial charge in [-0.1, -0.05) is 0 Å². The standard InChI is InChI=1S/C12H14FN3O/c13-10-5-9(6-15-7-10)1-2-12(17)16-4-3-11(14)8-16/h1-2,5-7,11H,3-4,8,14H2/b2-1+. The zero-order chi connectivity index (χ0) is 12.3. The number of rotatable bonds is 2. The molecule has 1 aliphatic rings. The molecule has 0 aliphatic carbocycles. The van der Waals surface area contributed by atoms with Crippen LogP contribution >= 0.6 is 0 Å². The lowest BCUT2D eigenvalue weighted by atomic mass is 10.2. The molecule has 1 unspecified atom stereocenters. The molecule has 1 atom stereocenters. The Labute approximate surface area is 98.9 Å². The highest BCUT2D eigenvalue weighted by Crippen LogP contribution is 2.09. The minimum absolute atomic E-state index is 0.0724. The Hall–Kier alpha value is -1.75. The first-order chi connectivity index (χ1) is 8.15. The van der Waals surface area contributed by atoms with Crippen LogP contribution in [0.2, 0.25) is 0 Å². The summed E-state index contributed by atoms with van der Waals surface area (Å²) in [6.45, 7) is 1.27. The van der Waals surface area contributed by atoms with Crippen molar-refractivity contribution >= 4 is 12.0 Å². The van der Waals surface area contributed by atoms with Crippen LogP contribution in [0.4, 0.5) is 4.39 Å². The number of aromatic nitrogens is 1. The maximum absolute atomic E-state index is 12.8. The predicted molar refractivity (Wildman–Crippen MR) is 62.4 cm³/mol. The number of nitrogens with two attached hydrogens (primary N) is 1. The normalized spacial score (nSPS) is 20.1. The molecule has 1 aromatic rings. The molecule has 2 rings (SSSR count). The van der Waals surface area contributed by atoms with Gasteiger partial charge in [-0.2, -0.15) is 0 Å². The zero-order valence-electron chi connectivity index (χ0n) is 9.34. The number of pyridine rings is 1. The maximum Gasteiger partial charge on any atom is 0.246 e. The van der Waals surface area contributed by atoms with Crippen molar-refractivity contribution in [2.45, 2.75) is 12.5 Å². The molecule has 1 aliphatic heterocycles. The monoisotopic (exact) mass is 235 g/mol. The largest absolute Gasteiger partial charge is 0.338 e. The Morgan fingerprint density at radius 3 is 3.06 bits per heavy atom. The van der Waals surface area contributed by atoms with E-state index in [2.05, 4.69) is 4.98 Å². The SMILES string of the molecule is NC1CCN(C(=O)/C=C/c2cncc(F)c2)C1. The van der Waals surface area contributed by atoms with Gasteiger partial charge in [0.25, 0.3) is 0 Å². The molecule has 17 heavy (non-hydrogen) atoms. The van der Waals surface area contributed by atoms with Crippen LogP contribution in [0.3, 0.4) is 0 Å². The second kappa shape index (κ2) is 5.05. The van der Waals surface area contributed by atoms with Crippen LogP contribution in [0.15, 0.2) is 24.5 Å². The van der Waals surface area contributed by atoms with Crippen molar-refractivity contribution in [1.82, 2.24) is 9.88 Å². The Morgan fingerprint density at radius 1 is 1.59 bits per heavy atom. The van der Waals surface area contributed by atoms with Gasteiger partial charge in [0.05, 0.1) is 6.20 Å². The molecule has 2 heterocycles. The van der Waals surface area contributed by atoms with E-state index < -0.39 is 5.82 Å². The van der Waals surface area contributed by atoms with E-state index in [0.717, 1.165) is 12.6 Å². The van der Waals surface area contributed by atoms with Crippen molar-refractivity contribution in [3.05, 3.63) is 35.9 Å². The average molecular weight is 235 g/mol. The Bertz CT molecular complexity index is 447. The van der Waals surface area contributed by atoms with Gasteiger partial charge in [0, 0.05) is 31.4 Å². The summed E-state index contributed by atoms with van der Waals surface area (Å²) in [5.74, 6) is -0.509. The quantitative estimate of drug-likeness (QED) is 0.771. The van der Waals surface area contributed by atoms with E-state index in [1.807, 2.05) is 0 Å². The van der Waals surface area contributed by atoms with Gasteiger partial charge in [-0.05, 0) is 24.1 Å². The van der Waals surface area contributed by atoms with Gasteiger partial charge in [0.2, 0.25) is 5.91 Å². The third-order valence-electron chi connectivity index (χ3n) is 2.68. The number of carbonyl (C=O) groups is 1. The van der Waals surface area contributed by atoms with Gasteiger partial charge in [-0.15, -0.1) is 0 Å². The summed E-state index contributed by atoms with van der Waals surface area (Å²) in [4.78, 5) is 17.1. The lowest BCUT2D eigenvalue weighted by Gasteiger charge is -2.12. The molecule has 2 N–H and O–H groups in total. The molecule has 0 saturated carbocycles. The second-order valence-electron chi connectivity index (χ2n) is 4.10. The molecule has 1 saturated heterocycles. The van der Waals surface area contributed by atoms with E-state index >= 15 is 0 Å². The van der Waals surface area contributed by atoms with Gasteiger partial charge in [0.15, 0.2) is 0 Å². The van der Waals surface area contributed by atoms with E-state index in [1.54, 1.807) is 11.0 Å². The summed E-state index contributed by atoms with van der Waals surface area (Å²) in [5.41, 5.74) is 6.28. The summed E-state index contributed by atoms with van der Waals surface area (Å²) < 4.78 is 12.8. The minimum atomic E-state index is -0.414. The highest BCUT2D eigenvalue weighted by molar-refractivity contribution is 5.91. The first-order valence-electron chi connectivity index (χ1n) is 5.48. The van der Waals surface area contributed by atoms with Crippen molar-refractivity contribution in [2.24, 2.45) is 5.73 Å². The van der Waals surface area contributed by atoms with Crippen LogP contribution in [-0.2, 0) is 4.79 Å². The van der Waals surface area contributed by atoms with Crippen molar-refractivity contribution in [1.29, 1.82) is 0 Å². The third-order valence-corrected chi connectivity index (χ3v) is 2.68. The van der Waals surface area contributed by atoms with Gasteiger partial charge < -0.3 is 10.6 Å². The first-order valence-corrected chi connectivity index (χ1v) is 5.48. The number of carbonyl (C=O) groups excluding carboxylic acids is 1. The molecule has 4 nitrogen and oxygen atoms in total. The van der Waals surface area contributed by atoms with Crippen molar-refractivity contribution in [3.8, 4) is 0 Å². The fraction of sp³-hybridized carbons (Fsp3) is 0.333. The van der Waals surface area contributed by atoms with Gasteiger partial charge >= 0.3 is 0 Å². The third kappa shape index (κ3) is 3.10. The zero-order valence-corrected chi connectivity index (χ0v) is 9.34. The van der Waals surface area contributed by atoms with Crippen LogP contribution < -0.4 is 5.73 Å². The summed E-state index contributed by atoms with van der Waals surface area (Å²) in [6.07, 6.45) is 6.44. The number of hydrogen-bond donors (Lipinski definition) is 1. The van der Waals surface area contributed by atoms with Crippen LogP contribution in [0.5, 0.6) is 0 Å². The van der Waals surface area contributed by atoms with E-state index in [-0.39, 0.29) is 11.9 Å². The molecule has 0 spiro atoms. The number of likely N-dealkylation sites (tertiary alicyclic amines) is 1. The summed E-state index contributed by atoms with van der Waals surface area (Å²) >= 11 is 0. The van der Waals surface area contributed by atoms with Crippen LogP contribution in [0, 0.1) is 5.82 Å². The minimum Gasteiger partial charge on any atom is -0.338 e. The van der Waals surface area contributed by atoms with Gasteiger partial charge in [0.1, 0.15) is 5.82 Å². The molecule has 5 heteroatoms. The average Bonchev–Trinajstić information content (AvgIpc) is 2.73. The molecule has 1 aromatic heterocycles. The molecule has 0 radical (unpaired) electrons. The first kappa shape index (κ1) is 11.7. The highest BCUT2D eigenvalue weighted by Gasteiger charge is 2.21. The number of nitrogens with zero attached hydrogens (tertiary/aromatic N) is 2. The lowest BCUT2D eigenvalue weighted by molar-refractivity contribution is -0.124. The number of amides is 1. The molecule has 1 fully saturated rings. The van der Waals surface area contributed by atoms with E-state index in [1.165, 1.54) is 18.3 Å². The van der Waals surface area contributed by atoms with Crippen molar-refractivity contribution in [2.75, 3.05) is 13.1 Å². The molecule has 0 bridgehead atoms. The summed E-state index contributed by atoms with van der Waals surface area (Å²) in [5, 5.41) is 0. The second-order valence-corrected chi connectivity index (χ2v) is 4.10. The molecular weight excluding hydrogens is 221 g/mol. The summed E-state index contributed by atoms with van der Waals surface area (Å²) in [6, 6.07) is 1.40. The lowest BCUT2D eigenvalue weighted by Crippen LogP contribution is -2.30. The van der Waals surface area contributed by atoms with Crippen LogP contribution in [0.1, 0.15) is 12.0 Å². The summed E-state index contributed by atoms with van der Waals surface area (Å²) in [7, 11) is 0. The fourth-order valence-electron chi connectivity index (χ4n) is 1.78. The topological polar surface area (TPSA) is 59.2 Å².